The minimum absolute atomic E-state index is 0.233. The molecule has 3 aromatic rings. The van der Waals surface area contributed by atoms with Crippen molar-refractivity contribution in [1.29, 1.82) is 0 Å². The van der Waals surface area contributed by atoms with Crippen LogP contribution in [0.25, 0.3) is 5.57 Å². The number of fused-ring (bicyclic) bond motifs is 1. The van der Waals surface area contributed by atoms with Crippen molar-refractivity contribution in [2.45, 2.75) is 6.42 Å². The molecule has 4 aliphatic carbocycles. The molecule has 1 saturated carbocycles. The van der Waals surface area contributed by atoms with Crippen LogP contribution in [0.1, 0.15) is 12.0 Å². The van der Waals surface area contributed by atoms with E-state index in [2.05, 4.69) is 6.08 Å². The van der Waals surface area contributed by atoms with Crippen LogP contribution in [0.3, 0.4) is 0 Å². The summed E-state index contributed by atoms with van der Waals surface area (Å²) in [7, 11) is 0. The standard InChI is InChI=1S/C34H24Cl2N2O4/c35-18-6-10-20(11-7-18)37-31(39)25-16-24(17-4-2-1-3-5-17)26-22-14-15-23(27(26)30(25)34(37)42)29-28(22)32(40)38(33(29)41)21-12-8-19(36)9-13-21/h1-15,22-23,25,27-30H,16H2/t22-,23-,25-,27-,28-,29+,30+/m1/s1. The number of nitrogens with zero attached hydrogens (tertiary/aromatic N) is 2. The number of benzene rings is 3. The van der Waals surface area contributed by atoms with Gasteiger partial charge in [-0.3, -0.25) is 29.0 Å². The summed E-state index contributed by atoms with van der Waals surface area (Å²) >= 11 is 12.2. The number of hydrogen-bond donors (Lipinski definition) is 0. The summed E-state index contributed by atoms with van der Waals surface area (Å²) in [4.78, 5) is 58.9. The fourth-order valence-corrected chi connectivity index (χ4v) is 8.46. The van der Waals surface area contributed by atoms with E-state index in [1.54, 1.807) is 48.5 Å². The smallest absolute Gasteiger partial charge is 0.238 e. The van der Waals surface area contributed by atoms with Crippen LogP contribution in [-0.2, 0) is 19.2 Å². The first kappa shape index (κ1) is 25.7. The molecule has 4 amide bonds. The number of halogens is 2. The van der Waals surface area contributed by atoms with Crippen LogP contribution in [0, 0.1) is 41.4 Å². The van der Waals surface area contributed by atoms with Crippen LogP contribution >= 0.6 is 23.2 Å². The second-order valence-electron chi connectivity index (χ2n) is 11.7. The normalized spacial score (nSPS) is 31.1. The van der Waals surface area contributed by atoms with Crippen LogP contribution in [0.15, 0.2) is 96.6 Å². The van der Waals surface area contributed by atoms with Gasteiger partial charge in [-0.25, -0.2) is 0 Å². The highest BCUT2D eigenvalue weighted by Gasteiger charge is 2.67. The largest absolute Gasteiger partial charge is 0.274 e. The van der Waals surface area contributed by atoms with Crippen molar-refractivity contribution in [2.75, 3.05) is 9.80 Å². The van der Waals surface area contributed by atoms with Crippen LogP contribution in [0.5, 0.6) is 0 Å². The zero-order chi connectivity index (χ0) is 28.9. The number of carbonyl (C=O) groups is 4. The quantitative estimate of drug-likeness (QED) is 0.267. The van der Waals surface area contributed by atoms with Crippen molar-refractivity contribution in [3.05, 3.63) is 112 Å². The average Bonchev–Trinajstić information content (AvgIpc) is 3.43. The van der Waals surface area contributed by atoms with Crippen LogP contribution in [0.4, 0.5) is 11.4 Å². The lowest BCUT2D eigenvalue weighted by Crippen LogP contribution is -2.51. The van der Waals surface area contributed by atoms with Gasteiger partial charge in [0.15, 0.2) is 0 Å². The predicted octanol–water partition coefficient (Wildman–Crippen LogP) is 6.19. The molecule has 7 atom stereocenters. The molecule has 2 saturated heterocycles. The third kappa shape index (κ3) is 3.45. The highest BCUT2D eigenvalue weighted by molar-refractivity contribution is 6.31. The zero-order valence-electron chi connectivity index (χ0n) is 22.2. The van der Waals surface area contributed by atoms with Crippen molar-refractivity contribution >= 4 is 63.8 Å². The van der Waals surface area contributed by atoms with Crippen molar-refractivity contribution in [1.82, 2.24) is 0 Å². The number of amides is 4. The second kappa shape index (κ2) is 9.25. The second-order valence-corrected chi connectivity index (χ2v) is 12.6. The highest BCUT2D eigenvalue weighted by Crippen LogP contribution is 2.63. The summed E-state index contributed by atoms with van der Waals surface area (Å²) in [6, 6.07) is 23.3. The Morgan fingerprint density at radius 1 is 0.571 bits per heavy atom. The average molecular weight is 595 g/mol. The van der Waals surface area contributed by atoms with Gasteiger partial charge in [-0.2, -0.15) is 0 Å². The van der Waals surface area contributed by atoms with Gasteiger partial charge in [-0.1, -0.05) is 71.3 Å². The first-order valence-electron chi connectivity index (χ1n) is 14.1. The lowest BCUT2D eigenvalue weighted by Gasteiger charge is -2.51. The van der Waals surface area contributed by atoms with Crippen molar-refractivity contribution in [3.63, 3.8) is 0 Å². The van der Waals surface area contributed by atoms with Crippen LogP contribution < -0.4 is 9.80 Å². The fourth-order valence-electron chi connectivity index (χ4n) is 8.21. The van der Waals surface area contributed by atoms with Gasteiger partial charge in [0.1, 0.15) is 0 Å². The maximum atomic E-state index is 14.2. The van der Waals surface area contributed by atoms with Crippen LogP contribution in [-0.4, -0.2) is 23.6 Å². The summed E-state index contributed by atoms with van der Waals surface area (Å²) in [5.41, 5.74) is 3.98. The predicted molar refractivity (Wildman–Crippen MR) is 159 cm³/mol. The number of allylic oxidation sites excluding steroid dienone is 4. The van der Waals surface area contributed by atoms with E-state index in [0.717, 1.165) is 16.7 Å². The van der Waals surface area contributed by atoms with E-state index in [1.807, 2.05) is 36.4 Å². The van der Waals surface area contributed by atoms with Gasteiger partial charge in [0.05, 0.1) is 35.0 Å². The Hall–Kier alpha value is -4.00. The van der Waals surface area contributed by atoms with E-state index in [1.165, 1.54) is 9.80 Å². The number of imide groups is 2. The SMILES string of the molecule is O=C1[C@@H]2[C@H]3C(=C(c4ccccc4)C[C@H]2C(=O)N1c1ccc(Cl)cc1)[C@H]1C=C[C@H]3[C@@H]2C(=O)N(c3ccc(Cl)cc3)C(=O)[C@@H]21. The fraction of sp³-hybridized carbons (Fsp3) is 0.235. The van der Waals surface area contributed by atoms with Gasteiger partial charge in [-0.15, -0.1) is 0 Å². The molecule has 0 N–H and O–H groups in total. The Balaban J connectivity index is 1.28. The van der Waals surface area contributed by atoms with E-state index in [0.29, 0.717) is 27.8 Å². The summed E-state index contributed by atoms with van der Waals surface area (Å²) < 4.78 is 0. The van der Waals surface area contributed by atoms with Gasteiger partial charge in [0, 0.05) is 21.9 Å². The van der Waals surface area contributed by atoms with Gasteiger partial charge in [0.2, 0.25) is 23.6 Å². The summed E-state index contributed by atoms with van der Waals surface area (Å²) in [6.07, 6.45) is 4.46. The zero-order valence-corrected chi connectivity index (χ0v) is 23.7. The van der Waals surface area contributed by atoms with Gasteiger partial charge in [0.25, 0.3) is 0 Å². The third-order valence-corrected chi connectivity index (χ3v) is 10.3. The number of hydrogen-bond acceptors (Lipinski definition) is 4. The highest BCUT2D eigenvalue weighted by atomic mass is 35.5. The Labute approximate surface area is 252 Å². The van der Waals surface area contributed by atoms with Crippen molar-refractivity contribution in [2.24, 2.45) is 41.4 Å². The summed E-state index contributed by atoms with van der Waals surface area (Å²) in [5, 5.41) is 1.03. The van der Waals surface area contributed by atoms with E-state index in [4.69, 9.17) is 23.2 Å². The Kier molecular flexibility index (Phi) is 5.66. The number of carbonyl (C=O) groups excluding carboxylic acids is 4. The Morgan fingerprint density at radius 3 is 1.74 bits per heavy atom. The van der Waals surface area contributed by atoms with Crippen molar-refractivity contribution < 1.29 is 19.2 Å². The lowest BCUT2D eigenvalue weighted by molar-refractivity contribution is -0.129. The van der Waals surface area contributed by atoms with Gasteiger partial charge in [-0.05, 0) is 72.0 Å². The van der Waals surface area contributed by atoms with E-state index in [9.17, 15) is 19.2 Å². The van der Waals surface area contributed by atoms with Crippen LogP contribution in [0.2, 0.25) is 10.0 Å². The first-order valence-corrected chi connectivity index (χ1v) is 14.8. The first-order chi connectivity index (χ1) is 20.3. The molecular formula is C34H24Cl2N2O4. The molecule has 3 fully saturated rings. The molecule has 0 unspecified atom stereocenters. The number of rotatable bonds is 3. The number of anilines is 2. The molecule has 0 aromatic heterocycles. The Morgan fingerprint density at radius 2 is 1.12 bits per heavy atom. The summed E-state index contributed by atoms with van der Waals surface area (Å²) in [5.74, 6) is -4.47. The Bertz CT molecular complexity index is 1750. The van der Waals surface area contributed by atoms with E-state index in [-0.39, 0.29) is 35.5 Å². The molecule has 2 heterocycles. The molecule has 9 rings (SSSR count). The molecule has 3 aromatic carbocycles. The van der Waals surface area contributed by atoms with Gasteiger partial charge >= 0.3 is 0 Å². The molecular weight excluding hydrogens is 571 g/mol. The maximum absolute atomic E-state index is 14.2. The molecule has 42 heavy (non-hydrogen) atoms. The summed E-state index contributed by atoms with van der Waals surface area (Å²) in [6.45, 7) is 0. The maximum Gasteiger partial charge on any atom is 0.238 e. The minimum Gasteiger partial charge on any atom is -0.274 e. The molecule has 0 radical (unpaired) electrons. The van der Waals surface area contributed by atoms with E-state index >= 15 is 0 Å². The van der Waals surface area contributed by atoms with Crippen molar-refractivity contribution in [3.8, 4) is 0 Å². The topological polar surface area (TPSA) is 74.8 Å². The lowest BCUT2D eigenvalue weighted by atomic mass is 9.49. The molecule has 6 nitrogen and oxygen atoms in total. The third-order valence-electron chi connectivity index (χ3n) is 9.80. The minimum atomic E-state index is -0.624. The van der Waals surface area contributed by atoms with E-state index < -0.39 is 29.6 Å². The molecule has 8 heteroatoms. The molecule has 2 bridgehead atoms. The molecule has 6 aliphatic rings. The van der Waals surface area contributed by atoms with Gasteiger partial charge < -0.3 is 0 Å². The molecule has 2 aliphatic heterocycles. The monoisotopic (exact) mass is 594 g/mol. The molecule has 0 spiro atoms. The molecule has 208 valence electrons.